The number of likely N-dealkylation sites (tertiary alicyclic amines) is 1. The largest absolute Gasteiger partial charge is 0.342 e. The van der Waals surface area contributed by atoms with Crippen LogP contribution in [0.25, 0.3) is 0 Å². The molecule has 0 unspecified atom stereocenters. The lowest BCUT2D eigenvalue weighted by Gasteiger charge is -2.34. The highest BCUT2D eigenvalue weighted by molar-refractivity contribution is 7.89. The van der Waals surface area contributed by atoms with Crippen molar-refractivity contribution in [3.63, 3.8) is 0 Å². The van der Waals surface area contributed by atoms with Gasteiger partial charge in [0, 0.05) is 30.1 Å². The van der Waals surface area contributed by atoms with E-state index >= 15 is 0 Å². The van der Waals surface area contributed by atoms with Crippen molar-refractivity contribution in [1.82, 2.24) is 9.62 Å². The molecule has 0 bridgehead atoms. The first-order valence-corrected chi connectivity index (χ1v) is 10.3. The lowest BCUT2D eigenvalue weighted by molar-refractivity contribution is -0.136. The van der Waals surface area contributed by atoms with Crippen LogP contribution in [-0.2, 0) is 14.8 Å². The standard InChI is InChI=1S/C17H25ClN2O3S/c1-3-13(4-2)17(21)20-11-9-15(10-12-20)19-24(22,23)16-7-5-14(18)6-8-16/h5-8,13,15,19H,3-4,9-12H2,1-2H3. The van der Waals surface area contributed by atoms with Gasteiger partial charge < -0.3 is 4.90 Å². The first-order chi connectivity index (χ1) is 11.4. The second-order valence-corrected chi connectivity index (χ2v) is 8.34. The molecular weight excluding hydrogens is 348 g/mol. The number of carbonyl (C=O) groups is 1. The number of nitrogens with one attached hydrogen (secondary N) is 1. The van der Waals surface area contributed by atoms with Gasteiger partial charge in [0.15, 0.2) is 0 Å². The van der Waals surface area contributed by atoms with E-state index in [1.54, 1.807) is 12.1 Å². The fourth-order valence-electron chi connectivity index (χ4n) is 3.02. The predicted octanol–water partition coefficient (Wildman–Crippen LogP) is 3.05. The monoisotopic (exact) mass is 372 g/mol. The van der Waals surface area contributed by atoms with Crippen LogP contribution in [0.2, 0.25) is 5.02 Å². The Balaban J connectivity index is 1.93. The third kappa shape index (κ3) is 4.71. The van der Waals surface area contributed by atoms with Gasteiger partial charge in [0.05, 0.1) is 4.90 Å². The fourth-order valence-corrected chi connectivity index (χ4v) is 4.45. The van der Waals surface area contributed by atoms with Gasteiger partial charge >= 0.3 is 0 Å². The number of sulfonamides is 1. The minimum atomic E-state index is -3.55. The van der Waals surface area contributed by atoms with Crippen LogP contribution in [0.5, 0.6) is 0 Å². The summed E-state index contributed by atoms with van der Waals surface area (Å²) in [5, 5.41) is 0.502. The number of carbonyl (C=O) groups excluding carboxylic acids is 1. The zero-order valence-corrected chi connectivity index (χ0v) is 15.7. The molecule has 5 nitrogen and oxygen atoms in total. The van der Waals surface area contributed by atoms with Gasteiger partial charge in [-0.1, -0.05) is 25.4 Å². The van der Waals surface area contributed by atoms with Crippen molar-refractivity contribution in [1.29, 1.82) is 0 Å². The van der Waals surface area contributed by atoms with E-state index in [2.05, 4.69) is 4.72 Å². The van der Waals surface area contributed by atoms with Crippen molar-refractivity contribution in [3.8, 4) is 0 Å². The average Bonchev–Trinajstić information content (AvgIpc) is 2.56. The van der Waals surface area contributed by atoms with Gasteiger partial charge in [0.2, 0.25) is 15.9 Å². The van der Waals surface area contributed by atoms with Crippen molar-refractivity contribution < 1.29 is 13.2 Å². The number of amides is 1. The summed E-state index contributed by atoms with van der Waals surface area (Å²) in [5.74, 6) is 0.270. The van der Waals surface area contributed by atoms with Gasteiger partial charge in [-0.05, 0) is 49.9 Å². The molecule has 0 saturated carbocycles. The predicted molar refractivity (Wildman–Crippen MR) is 95.4 cm³/mol. The second-order valence-electron chi connectivity index (χ2n) is 6.19. The lowest BCUT2D eigenvalue weighted by Crippen LogP contribution is -2.47. The maximum absolute atomic E-state index is 12.4. The summed E-state index contributed by atoms with van der Waals surface area (Å²) in [6.45, 7) is 5.25. The minimum absolute atomic E-state index is 0.0762. The molecule has 24 heavy (non-hydrogen) atoms. The Bertz CT molecular complexity index is 649. The summed E-state index contributed by atoms with van der Waals surface area (Å²) in [6, 6.07) is 5.98. The smallest absolute Gasteiger partial charge is 0.240 e. The van der Waals surface area contributed by atoms with Crippen molar-refractivity contribution >= 4 is 27.5 Å². The normalized spacial score (nSPS) is 16.6. The number of piperidine rings is 1. The van der Waals surface area contributed by atoms with Gasteiger partial charge in [-0.3, -0.25) is 4.79 Å². The first kappa shape index (κ1) is 19.2. The molecule has 1 aromatic carbocycles. The molecular formula is C17H25ClN2O3S. The van der Waals surface area contributed by atoms with Crippen molar-refractivity contribution in [2.24, 2.45) is 5.92 Å². The number of benzene rings is 1. The highest BCUT2D eigenvalue weighted by atomic mass is 35.5. The Morgan fingerprint density at radius 2 is 1.75 bits per heavy atom. The van der Waals surface area contributed by atoms with Crippen molar-refractivity contribution in [3.05, 3.63) is 29.3 Å². The maximum atomic E-state index is 12.4. The summed E-state index contributed by atoms with van der Waals surface area (Å²) in [4.78, 5) is 14.5. The molecule has 0 aromatic heterocycles. The summed E-state index contributed by atoms with van der Waals surface area (Å²) in [5.41, 5.74) is 0. The van der Waals surface area contributed by atoms with E-state index < -0.39 is 10.0 Å². The molecule has 1 saturated heterocycles. The van der Waals surface area contributed by atoms with Crippen LogP contribution in [0.1, 0.15) is 39.5 Å². The zero-order chi connectivity index (χ0) is 17.7. The minimum Gasteiger partial charge on any atom is -0.342 e. The molecule has 134 valence electrons. The van der Waals surface area contributed by atoms with Gasteiger partial charge in [-0.2, -0.15) is 0 Å². The molecule has 1 aromatic rings. The number of nitrogens with zero attached hydrogens (tertiary/aromatic N) is 1. The van der Waals surface area contributed by atoms with Crippen LogP contribution in [0.4, 0.5) is 0 Å². The van der Waals surface area contributed by atoms with Gasteiger partial charge in [-0.15, -0.1) is 0 Å². The fraction of sp³-hybridized carbons (Fsp3) is 0.588. The number of hydrogen-bond acceptors (Lipinski definition) is 3. The number of rotatable bonds is 6. The molecule has 1 N–H and O–H groups in total. The van der Waals surface area contributed by atoms with Gasteiger partial charge in [-0.25, -0.2) is 13.1 Å². The molecule has 1 fully saturated rings. The van der Waals surface area contributed by atoms with Crippen LogP contribution < -0.4 is 4.72 Å². The topological polar surface area (TPSA) is 66.5 Å². The highest BCUT2D eigenvalue weighted by Gasteiger charge is 2.28. The molecule has 0 radical (unpaired) electrons. The van der Waals surface area contributed by atoms with Crippen LogP contribution in [0.15, 0.2) is 29.2 Å². The average molecular weight is 373 g/mol. The summed E-state index contributed by atoms with van der Waals surface area (Å²) in [6.07, 6.45) is 2.97. The van der Waals surface area contributed by atoms with Crippen LogP contribution >= 0.6 is 11.6 Å². The van der Waals surface area contributed by atoms with E-state index in [4.69, 9.17) is 11.6 Å². The molecule has 2 rings (SSSR count). The Kier molecular flexibility index (Phi) is 6.66. The zero-order valence-electron chi connectivity index (χ0n) is 14.2. The number of halogens is 1. The summed E-state index contributed by atoms with van der Waals surface area (Å²) in [7, 11) is -3.55. The molecule has 1 heterocycles. The molecule has 1 aliphatic rings. The summed E-state index contributed by atoms with van der Waals surface area (Å²) >= 11 is 5.80. The lowest BCUT2D eigenvalue weighted by atomic mass is 9.99. The molecule has 0 aliphatic carbocycles. The van der Waals surface area contributed by atoms with Crippen molar-refractivity contribution in [2.75, 3.05) is 13.1 Å². The Morgan fingerprint density at radius 3 is 2.25 bits per heavy atom. The highest BCUT2D eigenvalue weighted by Crippen LogP contribution is 2.19. The maximum Gasteiger partial charge on any atom is 0.240 e. The quantitative estimate of drug-likeness (QED) is 0.834. The van der Waals surface area contributed by atoms with E-state index in [1.165, 1.54) is 12.1 Å². The van der Waals surface area contributed by atoms with Crippen LogP contribution in [0.3, 0.4) is 0 Å². The van der Waals surface area contributed by atoms with Crippen LogP contribution in [0, 0.1) is 5.92 Å². The Hall–Kier alpha value is -1.11. The Morgan fingerprint density at radius 1 is 1.21 bits per heavy atom. The molecule has 7 heteroatoms. The van der Waals surface area contributed by atoms with Gasteiger partial charge in [0.25, 0.3) is 0 Å². The molecule has 0 atom stereocenters. The SMILES string of the molecule is CCC(CC)C(=O)N1CCC(NS(=O)(=O)c2ccc(Cl)cc2)CC1. The number of hydrogen-bond donors (Lipinski definition) is 1. The van der Waals surface area contributed by atoms with Gasteiger partial charge in [0.1, 0.15) is 0 Å². The van der Waals surface area contributed by atoms with E-state index in [0.717, 1.165) is 12.8 Å². The van der Waals surface area contributed by atoms with Crippen molar-refractivity contribution in [2.45, 2.75) is 50.5 Å². The molecule has 1 aliphatic heterocycles. The molecule has 1 amide bonds. The summed E-state index contributed by atoms with van der Waals surface area (Å²) < 4.78 is 27.5. The first-order valence-electron chi connectivity index (χ1n) is 8.44. The third-order valence-electron chi connectivity index (χ3n) is 4.59. The second kappa shape index (κ2) is 8.32. The molecule has 0 spiro atoms. The Labute approximate surface area is 149 Å². The van der Waals surface area contributed by atoms with E-state index in [1.807, 2.05) is 18.7 Å². The third-order valence-corrected chi connectivity index (χ3v) is 6.38. The van der Waals surface area contributed by atoms with E-state index in [-0.39, 0.29) is 22.8 Å². The van der Waals surface area contributed by atoms with E-state index in [9.17, 15) is 13.2 Å². The van der Waals surface area contributed by atoms with E-state index in [0.29, 0.717) is 31.0 Å². The van der Waals surface area contributed by atoms with Crippen LogP contribution in [-0.4, -0.2) is 38.4 Å².